The SMILES string of the molecule is CCCCCCCCCCCCCCC(O)c1cccc(O)c1O. The molecular formula is C21H36O3. The molecule has 0 fully saturated rings. The minimum Gasteiger partial charge on any atom is -0.504 e. The second-order valence-electron chi connectivity index (χ2n) is 6.91. The predicted molar refractivity (Wildman–Crippen MR) is 100 cm³/mol. The highest BCUT2D eigenvalue weighted by Gasteiger charge is 2.14. The Morgan fingerprint density at radius 3 is 1.79 bits per heavy atom. The number of para-hydroxylation sites is 1. The summed E-state index contributed by atoms with van der Waals surface area (Å²) in [5, 5.41) is 29.3. The maximum absolute atomic E-state index is 10.1. The van der Waals surface area contributed by atoms with Crippen molar-refractivity contribution in [2.45, 2.75) is 96.5 Å². The predicted octanol–water partition coefficient (Wildman–Crippen LogP) is 6.22. The van der Waals surface area contributed by atoms with Crippen LogP contribution in [0.3, 0.4) is 0 Å². The molecule has 1 aromatic carbocycles. The third-order valence-corrected chi connectivity index (χ3v) is 4.74. The number of phenolic OH excluding ortho intramolecular Hbond substituents is 2. The number of rotatable bonds is 14. The summed E-state index contributed by atoms with van der Waals surface area (Å²) in [6, 6.07) is 4.74. The van der Waals surface area contributed by atoms with Crippen LogP contribution in [0.25, 0.3) is 0 Å². The van der Waals surface area contributed by atoms with Crippen LogP contribution in [0.2, 0.25) is 0 Å². The van der Waals surface area contributed by atoms with E-state index in [1.165, 1.54) is 70.3 Å². The van der Waals surface area contributed by atoms with Crippen molar-refractivity contribution in [2.24, 2.45) is 0 Å². The lowest BCUT2D eigenvalue weighted by Gasteiger charge is -2.13. The van der Waals surface area contributed by atoms with Crippen molar-refractivity contribution in [2.75, 3.05) is 0 Å². The van der Waals surface area contributed by atoms with E-state index in [1.54, 1.807) is 12.1 Å². The van der Waals surface area contributed by atoms with Gasteiger partial charge in [-0.15, -0.1) is 0 Å². The molecule has 0 aliphatic rings. The highest BCUT2D eigenvalue weighted by Crippen LogP contribution is 2.34. The van der Waals surface area contributed by atoms with Crippen molar-refractivity contribution in [1.82, 2.24) is 0 Å². The molecule has 1 aromatic rings. The monoisotopic (exact) mass is 336 g/mol. The molecule has 138 valence electrons. The fourth-order valence-corrected chi connectivity index (χ4v) is 3.15. The number of aromatic hydroxyl groups is 2. The number of unbranched alkanes of at least 4 members (excludes halogenated alkanes) is 11. The summed E-state index contributed by atoms with van der Waals surface area (Å²) in [6.07, 6.45) is 15.4. The molecular weight excluding hydrogens is 300 g/mol. The molecule has 0 heterocycles. The van der Waals surface area contributed by atoms with Gasteiger partial charge in [-0.05, 0) is 12.5 Å². The van der Waals surface area contributed by atoms with Gasteiger partial charge in [0.2, 0.25) is 0 Å². The second-order valence-corrected chi connectivity index (χ2v) is 6.91. The maximum atomic E-state index is 10.1. The fraction of sp³-hybridized carbons (Fsp3) is 0.714. The van der Waals surface area contributed by atoms with Gasteiger partial charge in [-0.3, -0.25) is 0 Å². The molecule has 0 radical (unpaired) electrons. The van der Waals surface area contributed by atoms with E-state index < -0.39 is 6.10 Å². The molecule has 0 saturated carbocycles. The Kier molecular flexibility index (Phi) is 11.4. The van der Waals surface area contributed by atoms with Crippen molar-refractivity contribution in [3.63, 3.8) is 0 Å². The molecule has 24 heavy (non-hydrogen) atoms. The molecule has 0 aliphatic carbocycles. The fourth-order valence-electron chi connectivity index (χ4n) is 3.15. The minimum absolute atomic E-state index is 0.166. The Balaban J connectivity index is 1.97. The van der Waals surface area contributed by atoms with Crippen molar-refractivity contribution in [1.29, 1.82) is 0 Å². The van der Waals surface area contributed by atoms with Gasteiger partial charge in [0, 0.05) is 5.56 Å². The van der Waals surface area contributed by atoms with E-state index in [1.807, 2.05) is 0 Å². The quantitative estimate of drug-likeness (QED) is 0.279. The van der Waals surface area contributed by atoms with Crippen LogP contribution in [0.4, 0.5) is 0 Å². The Bertz CT molecular complexity index is 431. The molecule has 0 bridgehead atoms. The van der Waals surface area contributed by atoms with Gasteiger partial charge in [0.25, 0.3) is 0 Å². The molecule has 3 N–H and O–H groups in total. The van der Waals surface area contributed by atoms with Crippen LogP contribution in [0.5, 0.6) is 11.5 Å². The average molecular weight is 337 g/mol. The molecule has 1 unspecified atom stereocenters. The lowest BCUT2D eigenvalue weighted by molar-refractivity contribution is 0.159. The molecule has 3 nitrogen and oxygen atoms in total. The molecule has 0 saturated heterocycles. The number of aliphatic hydroxyl groups is 1. The highest BCUT2D eigenvalue weighted by molar-refractivity contribution is 5.45. The zero-order valence-electron chi connectivity index (χ0n) is 15.3. The van der Waals surface area contributed by atoms with Gasteiger partial charge in [-0.25, -0.2) is 0 Å². The maximum Gasteiger partial charge on any atom is 0.163 e. The summed E-state index contributed by atoms with van der Waals surface area (Å²) in [5.74, 6) is -0.356. The Hall–Kier alpha value is -1.22. The van der Waals surface area contributed by atoms with Gasteiger partial charge < -0.3 is 15.3 Å². The second kappa shape index (κ2) is 13.1. The number of hydrogen-bond donors (Lipinski definition) is 3. The van der Waals surface area contributed by atoms with E-state index in [2.05, 4.69) is 6.92 Å². The normalized spacial score (nSPS) is 12.4. The number of benzene rings is 1. The van der Waals surface area contributed by atoms with Crippen molar-refractivity contribution in [3.05, 3.63) is 23.8 Å². The summed E-state index contributed by atoms with van der Waals surface area (Å²) in [6.45, 7) is 2.26. The third-order valence-electron chi connectivity index (χ3n) is 4.74. The van der Waals surface area contributed by atoms with Crippen LogP contribution >= 0.6 is 0 Å². The molecule has 0 aromatic heterocycles. The van der Waals surface area contributed by atoms with E-state index in [9.17, 15) is 15.3 Å². The van der Waals surface area contributed by atoms with Gasteiger partial charge in [-0.1, -0.05) is 96.1 Å². The summed E-state index contributed by atoms with van der Waals surface area (Å²) >= 11 is 0. The van der Waals surface area contributed by atoms with E-state index in [0.29, 0.717) is 12.0 Å². The van der Waals surface area contributed by atoms with Gasteiger partial charge in [-0.2, -0.15) is 0 Å². The van der Waals surface area contributed by atoms with Crippen LogP contribution in [0.1, 0.15) is 102 Å². The topological polar surface area (TPSA) is 60.7 Å². The average Bonchev–Trinajstić information content (AvgIpc) is 2.58. The lowest BCUT2D eigenvalue weighted by Crippen LogP contribution is -1.98. The molecule has 0 spiro atoms. The largest absolute Gasteiger partial charge is 0.504 e. The van der Waals surface area contributed by atoms with Gasteiger partial charge >= 0.3 is 0 Å². The zero-order chi connectivity index (χ0) is 17.6. The molecule has 0 amide bonds. The van der Waals surface area contributed by atoms with Gasteiger partial charge in [0.15, 0.2) is 11.5 Å². The van der Waals surface area contributed by atoms with E-state index in [-0.39, 0.29) is 11.5 Å². The number of phenols is 2. The Labute approximate surface area is 147 Å². The number of aliphatic hydroxyl groups excluding tert-OH is 1. The zero-order valence-corrected chi connectivity index (χ0v) is 15.3. The van der Waals surface area contributed by atoms with Crippen LogP contribution < -0.4 is 0 Å². The highest BCUT2D eigenvalue weighted by atomic mass is 16.3. The molecule has 0 aliphatic heterocycles. The lowest BCUT2D eigenvalue weighted by atomic mass is 10.0. The minimum atomic E-state index is -0.694. The summed E-state index contributed by atoms with van der Waals surface area (Å²) in [7, 11) is 0. The smallest absolute Gasteiger partial charge is 0.163 e. The van der Waals surface area contributed by atoms with E-state index in [0.717, 1.165) is 12.8 Å². The van der Waals surface area contributed by atoms with Crippen LogP contribution in [0, 0.1) is 0 Å². The van der Waals surface area contributed by atoms with Gasteiger partial charge in [0.05, 0.1) is 6.10 Å². The third kappa shape index (κ3) is 8.58. The van der Waals surface area contributed by atoms with Crippen molar-refractivity contribution in [3.8, 4) is 11.5 Å². The molecule has 1 atom stereocenters. The summed E-state index contributed by atoms with van der Waals surface area (Å²) in [4.78, 5) is 0. The first-order chi connectivity index (χ1) is 11.7. The molecule has 1 rings (SSSR count). The first-order valence-electron chi connectivity index (χ1n) is 9.85. The first-order valence-corrected chi connectivity index (χ1v) is 9.85. The van der Waals surface area contributed by atoms with Crippen molar-refractivity contribution < 1.29 is 15.3 Å². The van der Waals surface area contributed by atoms with Crippen LogP contribution in [0.15, 0.2) is 18.2 Å². The standard InChI is InChI=1S/C21H36O3/c1-2-3-4-5-6-7-8-9-10-11-12-13-16-19(22)18-15-14-17-20(23)21(18)24/h14-15,17,19,22-24H,2-13,16H2,1H3. The van der Waals surface area contributed by atoms with Crippen molar-refractivity contribution >= 4 is 0 Å². The van der Waals surface area contributed by atoms with Gasteiger partial charge in [0.1, 0.15) is 0 Å². The Morgan fingerprint density at radius 2 is 1.25 bits per heavy atom. The summed E-state index contributed by atoms with van der Waals surface area (Å²) in [5.41, 5.74) is 0.429. The van der Waals surface area contributed by atoms with Crippen LogP contribution in [-0.4, -0.2) is 15.3 Å². The Morgan fingerprint density at radius 1 is 0.750 bits per heavy atom. The van der Waals surface area contributed by atoms with Crippen LogP contribution in [-0.2, 0) is 0 Å². The number of hydrogen-bond acceptors (Lipinski definition) is 3. The first kappa shape index (κ1) is 20.8. The van der Waals surface area contributed by atoms with E-state index in [4.69, 9.17) is 0 Å². The van der Waals surface area contributed by atoms with E-state index >= 15 is 0 Å². The summed E-state index contributed by atoms with van der Waals surface area (Å²) < 4.78 is 0. The molecule has 3 heteroatoms.